The van der Waals surface area contributed by atoms with Crippen LogP contribution in [0.3, 0.4) is 0 Å². The number of amides is 1. The molecule has 4 heteroatoms. The summed E-state index contributed by atoms with van der Waals surface area (Å²) >= 11 is 0. The quantitative estimate of drug-likeness (QED) is 0.218. The molecule has 26 heavy (non-hydrogen) atoms. The van der Waals surface area contributed by atoms with Crippen molar-refractivity contribution in [3.05, 3.63) is 48.6 Å². The Morgan fingerprint density at radius 1 is 1.00 bits per heavy atom. The summed E-state index contributed by atoms with van der Waals surface area (Å²) in [5, 5.41) is 21.0. The second-order valence-corrected chi connectivity index (χ2v) is 6.26. The van der Waals surface area contributed by atoms with E-state index in [1.165, 1.54) is 25.7 Å². The fourth-order valence-electron chi connectivity index (χ4n) is 2.28. The maximum atomic E-state index is 11.3. The first-order chi connectivity index (χ1) is 12.7. The Balaban J connectivity index is 3.64. The third-order valence-electron chi connectivity index (χ3n) is 3.77. The van der Waals surface area contributed by atoms with Crippen molar-refractivity contribution >= 4 is 5.91 Å². The zero-order valence-corrected chi connectivity index (χ0v) is 16.3. The molecular weight excluding hydrogens is 326 g/mol. The summed E-state index contributed by atoms with van der Waals surface area (Å²) in [6.07, 6.45) is 24.3. The second kappa shape index (κ2) is 19.7. The van der Waals surface area contributed by atoms with Crippen LogP contribution in [0, 0.1) is 0 Å². The molecule has 0 heterocycles. The molecule has 1 unspecified atom stereocenters. The molecule has 0 aliphatic rings. The molecule has 0 radical (unpaired) electrons. The zero-order valence-electron chi connectivity index (χ0n) is 16.3. The van der Waals surface area contributed by atoms with Crippen molar-refractivity contribution in [1.82, 2.24) is 5.32 Å². The van der Waals surface area contributed by atoms with Crippen LogP contribution in [0.15, 0.2) is 48.6 Å². The van der Waals surface area contributed by atoms with Gasteiger partial charge >= 0.3 is 0 Å². The Kier molecular flexibility index (Phi) is 18.4. The number of rotatable bonds is 16. The third-order valence-corrected chi connectivity index (χ3v) is 3.77. The Bertz CT molecular complexity index is 439. The maximum absolute atomic E-state index is 11.3. The summed E-state index contributed by atoms with van der Waals surface area (Å²) < 4.78 is 0. The largest absolute Gasteiger partial charge is 0.395 e. The molecule has 0 aromatic rings. The van der Waals surface area contributed by atoms with E-state index in [1.54, 1.807) is 6.08 Å². The van der Waals surface area contributed by atoms with Crippen molar-refractivity contribution in [3.63, 3.8) is 0 Å². The number of hydrogen-bond acceptors (Lipinski definition) is 3. The summed E-state index contributed by atoms with van der Waals surface area (Å²) in [5.41, 5.74) is 0. The Hall–Kier alpha value is -1.65. The highest BCUT2D eigenvalue weighted by atomic mass is 16.3. The number of carbonyl (C=O) groups excluding carboxylic acids is 1. The lowest BCUT2D eigenvalue weighted by atomic mass is 10.1. The highest BCUT2D eigenvalue weighted by Crippen LogP contribution is 2.03. The van der Waals surface area contributed by atoms with E-state index in [9.17, 15) is 9.90 Å². The number of aliphatic hydroxyl groups is 2. The van der Waals surface area contributed by atoms with Crippen molar-refractivity contribution in [3.8, 4) is 0 Å². The molecule has 0 spiro atoms. The summed E-state index contributed by atoms with van der Waals surface area (Å²) in [7, 11) is 0. The average molecular weight is 364 g/mol. The molecule has 4 nitrogen and oxygen atoms in total. The minimum atomic E-state index is -0.529. The van der Waals surface area contributed by atoms with Gasteiger partial charge in [-0.1, -0.05) is 68.4 Å². The molecule has 0 bridgehead atoms. The van der Waals surface area contributed by atoms with Crippen LogP contribution in [0.5, 0.6) is 0 Å². The van der Waals surface area contributed by atoms with Gasteiger partial charge in [0.2, 0.25) is 5.91 Å². The van der Waals surface area contributed by atoms with Gasteiger partial charge in [0.25, 0.3) is 0 Å². The van der Waals surface area contributed by atoms with E-state index >= 15 is 0 Å². The molecule has 3 N–H and O–H groups in total. The smallest absolute Gasteiger partial charge is 0.220 e. The van der Waals surface area contributed by atoms with E-state index in [0.717, 1.165) is 12.8 Å². The highest BCUT2D eigenvalue weighted by Gasteiger charge is 2.03. The highest BCUT2D eigenvalue weighted by molar-refractivity contribution is 5.75. The van der Waals surface area contributed by atoms with Gasteiger partial charge in [-0.3, -0.25) is 4.79 Å². The van der Waals surface area contributed by atoms with Crippen LogP contribution in [0.25, 0.3) is 0 Å². The number of carbonyl (C=O) groups is 1. The topological polar surface area (TPSA) is 69.6 Å². The van der Waals surface area contributed by atoms with E-state index in [4.69, 9.17) is 5.11 Å². The van der Waals surface area contributed by atoms with Crippen LogP contribution in [0.4, 0.5) is 0 Å². The summed E-state index contributed by atoms with van der Waals surface area (Å²) in [4.78, 5) is 11.3. The lowest BCUT2D eigenvalue weighted by Gasteiger charge is -2.05. The van der Waals surface area contributed by atoms with Crippen LogP contribution in [0.1, 0.15) is 64.7 Å². The minimum absolute atomic E-state index is 0.0472. The van der Waals surface area contributed by atoms with Gasteiger partial charge in [-0.05, 0) is 38.5 Å². The molecule has 0 aliphatic carbocycles. The Labute approximate surface area is 159 Å². The third kappa shape index (κ3) is 18.7. The van der Waals surface area contributed by atoms with E-state index in [2.05, 4.69) is 36.5 Å². The standard InChI is InChI=1S/C22H37NO3/c1-2-3-4-5-6-7-8-9-10-11-12-13-14-16-21(25)17-15-18-22(26)23-19-20-24/h6-7,9-10,12-14,16,21,24-25H,2-5,8,11,15,17-20H2,1H3,(H,23,26)/b7-6-,10-9-,13-12-,16-14+. The molecule has 0 saturated carbocycles. The second-order valence-electron chi connectivity index (χ2n) is 6.26. The van der Waals surface area contributed by atoms with Crippen molar-refractivity contribution < 1.29 is 15.0 Å². The number of allylic oxidation sites excluding steroid dienone is 7. The van der Waals surface area contributed by atoms with Gasteiger partial charge in [0.05, 0.1) is 12.7 Å². The molecule has 0 aliphatic heterocycles. The predicted molar refractivity (Wildman–Crippen MR) is 110 cm³/mol. The van der Waals surface area contributed by atoms with E-state index in [1.807, 2.05) is 18.2 Å². The van der Waals surface area contributed by atoms with Crippen LogP contribution in [-0.2, 0) is 4.79 Å². The van der Waals surface area contributed by atoms with Crippen LogP contribution >= 0.6 is 0 Å². The Morgan fingerprint density at radius 3 is 2.46 bits per heavy atom. The van der Waals surface area contributed by atoms with Gasteiger partial charge in [0.1, 0.15) is 0 Å². The van der Waals surface area contributed by atoms with E-state index < -0.39 is 6.10 Å². The molecular formula is C22H37NO3. The number of aliphatic hydroxyl groups excluding tert-OH is 2. The average Bonchev–Trinajstić information content (AvgIpc) is 2.63. The molecule has 148 valence electrons. The first-order valence-electron chi connectivity index (χ1n) is 9.89. The van der Waals surface area contributed by atoms with Gasteiger partial charge in [-0.15, -0.1) is 0 Å². The maximum Gasteiger partial charge on any atom is 0.220 e. The van der Waals surface area contributed by atoms with Crippen molar-refractivity contribution in [2.24, 2.45) is 0 Å². The molecule has 0 saturated heterocycles. The van der Waals surface area contributed by atoms with Crippen LogP contribution in [0.2, 0.25) is 0 Å². The fraction of sp³-hybridized carbons (Fsp3) is 0.591. The number of hydrogen-bond donors (Lipinski definition) is 3. The van der Waals surface area contributed by atoms with Crippen LogP contribution < -0.4 is 5.32 Å². The van der Waals surface area contributed by atoms with E-state index in [0.29, 0.717) is 19.3 Å². The number of nitrogens with one attached hydrogen (secondary N) is 1. The molecule has 1 atom stereocenters. The zero-order chi connectivity index (χ0) is 19.3. The SMILES string of the molecule is CCCCC/C=C\C/C=C\C/C=C\C=C\C(O)CCCC(=O)NCCO. The van der Waals surface area contributed by atoms with Crippen LogP contribution in [-0.4, -0.2) is 35.4 Å². The molecule has 1 amide bonds. The van der Waals surface area contributed by atoms with E-state index in [-0.39, 0.29) is 19.1 Å². The lowest BCUT2D eigenvalue weighted by molar-refractivity contribution is -0.121. The van der Waals surface area contributed by atoms with Crippen molar-refractivity contribution in [2.75, 3.05) is 13.2 Å². The van der Waals surface area contributed by atoms with Crippen molar-refractivity contribution in [1.29, 1.82) is 0 Å². The van der Waals surface area contributed by atoms with Gasteiger partial charge in [-0.2, -0.15) is 0 Å². The van der Waals surface area contributed by atoms with Crippen molar-refractivity contribution in [2.45, 2.75) is 70.8 Å². The lowest BCUT2D eigenvalue weighted by Crippen LogP contribution is -2.26. The first kappa shape index (κ1) is 24.4. The van der Waals surface area contributed by atoms with Gasteiger partial charge in [0.15, 0.2) is 0 Å². The predicted octanol–water partition coefficient (Wildman–Crippen LogP) is 4.21. The number of unbranched alkanes of at least 4 members (excludes halogenated alkanes) is 3. The summed E-state index contributed by atoms with van der Waals surface area (Å²) in [5.74, 6) is -0.0854. The minimum Gasteiger partial charge on any atom is -0.395 e. The Morgan fingerprint density at radius 2 is 1.73 bits per heavy atom. The molecule has 0 fully saturated rings. The molecule has 0 aromatic heterocycles. The summed E-state index contributed by atoms with van der Waals surface area (Å²) in [6, 6.07) is 0. The molecule has 0 rings (SSSR count). The monoisotopic (exact) mass is 363 g/mol. The van der Waals surface area contributed by atoms with Gasteiger partial charge in [0, 0.05) is 13.0 Å². The van der Waals surface area contributed by atoms with Gasteiger partial charge in [-0.25, -0.2) is 0 Å². The summed E-state index contributed by atoms with van der Waals surface area (Å²) in [6.45, 7) is 2.46. The fourth-order valence-corrected chi connectivity index (χ4v) is 2.28. The molecule has 0 aromatic carbocycles. The first-order valence-corrected chi connectivity index (χ1v) is 9.89. The normalized spacial score (nSPS) is 13.5. The van der Waals surface area contributed by atoms with Gasteiger partial charge < -0.3 is 15.5 Å².